The van der Waals surface area contributed by atoms with Crippen LogP contribution in [0.15, 0.2) is 30.3 Å². The van der Waals surface area contributed by atoms with Crippen molar-refractivity contribution in [3.05, 3.63) is 35.9 Å². The highest BCUT2D eigenvalue weighted by Crippen LogP contribution is 2.04. The molecule has 86 valence electrons. The van der Waals surface area contributed by atoms with Crippen molar-refractivity contribution in [2.24, 2.45) is 5.92 Å². The fourth-order valence-electron chi connectivity index (χ4n) is 1.41. The number of aliphatic hydroxyl groups excluding tert-OH is 1. The van der Waals surface area contributed by atoms with Gasteiger partial charge in [-0.05, 0) is 25.5 Å². The van der Waals surface area contributed by atoms with E-state index in [9.17, 15) is 5.11 Å². The highest BCUT2D eigenvalue weighted by atomic mass is 16.3. The van der Waals surface area contributed by atoms with Crippen LogP contribution in [-0.4, -0.2) is 17.8 Å². The molecule has 1 aromatic carbocycles. The Morgan fingerprint density at radius 2 is 2.06 bits per heavy atom. The predicted octanol–water partition coefficient (Wildman–Crippen LogP) is 1.69. The summed E-state index contributed by atoms with van der Waals surface area (Å²) in [7, 11) is 0. The minimum atomic E-state index is -0.534. The quantitative estimate of drug-likeness (QED) is 0.714. The van der Waals surface area contributed by atoms with Crippen molar-refractivity contribution in [1.82, 2.24) is 5.32 Å². The molecular weight excluding hydrogens is 200 g/mol. The second-order valence-electron chi connectivity index (χ2n) is 3.94. The molecule has 3 nitrogen and oxygen atoms in total. The lowest BCUT2D eigenvalue weighted by molar-refractivity contribution is 0.131. The van der Waals surface area contributed by atoms with Crippen LogP contribution in [0.3, 0.4) is 0 Å². The number of benzene rings is 1. The van der Waals surface area contributed by atoms with Crippen LogP contribution >= 0.6 is 0 Å². The standard InChI is InChI=1S/C13H18N2O/c1-11(9-14)13(16)7-8-15-10-12-5-3-2-4-6-12/h2-6,11,13,15-16H,7-8,10H2,1H3. The first-order valence-electron chi connectivity index (χ1n) is 5.56. The van der Waals surface area contributed by atoms with Gasteiger partial charge in [0, 0.05) is 6.54 Å². The molecule has 0 heterocycles. The highest BCUT2D eigenvalue weighted by Gasteiger charge is 2.11. The maximum atomic E-state index is 9.55. The molecule has 0 radical (unpaired) electrons. The number of hydrogen-bond acceptors (Lipinski definition) is 3. The molecule has 0 aromatic heterocycles. The Morgan fingerprint density at radius 1 is 1.38 bits per heavy atom. The molecule has 0 saturated heterocycles. The third-order valence-corrected chi connectivity index (χ3v) is 2.57. The highest BCUT2D eigenvalue weighted by molar-refractivity contribution is 5.14. The van der Waals surface area contributed by atoms with Crippen LogP contribution in [0.5, 0.6) is 0 Å². The van der Waals surface area contributed by atoms with Crippen molar-refractivity contribution in [2.75, 3.05) is 6.54 Å². The first kappa shape index (κ1) is 12.7. The van der Waals surface area contributed by atoms with Gasteiger partial charge in [0.15, 0.2) is 0 Å². The van der Waals surface area contributed by atoms with Crippen molar-refractivity contribution >= 4 is 0 Å². The van der Waals surface area contributed by atoms with Crippen LogP contribution < -0.4 is 5.32 Å². The van der Waals surface area contributed by atoms with E-state index < -0.39 is 6.10 Å². The number of aliphatic hydroxyl groups is 1. The predicted molar refractivity (Wildman–Crippen MR) is 63.5 cm³/mol. The van der Waals surface area contributed by atoms with E-state index in [1.54, 1.807) is 6.92 Å². The summed E-state index contributed by atoms with van der Waals surface area (Å²) in [5, 5.41) is 21.4. The van der Waals surface area contributed by atoms with Gasteiger partial charge in [-0.15, -0.1) is 0 Å². The molecule has 0 aliphatic rings. The van der Waals surface area contributed by atoms with Crippen LogP contribution in [-0.2, 0) is 6.54 Å². The van der Waals surface area contributed by atoms with Crippen molar-refractivity contribution in [3.8, 4) is 6.07 Å². The van der Waals surface area contributed by atoms with E-state index in [1.807, 2.05) is 24.3 Å². The monoisotopic (exact) mass is 218 g/mol. The summed E-state index contributed by atoms with van der Waals surface area (Å²) in [5.74, 6) is -0.293. The lowest BCUT2D eigenvalue weighted by Crippen LogP contribution is -2.24. The molecule has 2 N–H and O–H groups in total. The summed E-state index contributed by atoms with van der Waals surface area (Å²) in [5.41, 5.74) is 1.23. The van der Waals surface area contributed by atoms with Gasteiger partial charge in [-0.2, -0.15) is 5.26 Å². The summed E-state index contributed by atoms with van der Waals surface area (Å²) >= 11 is 0. The third kappa shape index (κ3) is 4.43. The van der Waals surface area contributed by atoms with Gasteiger partial charge in [-0.25, -0.2) is 0 Å². The Balaban J connectivity index is 2.16. The largest absolute Gasteiger partial charge is 0.392 e. The van der Waals surface area contributed by atoms with Crippen LogP contribution in [0.1, 0.15) is 18.9 Å². The number of rotatable bonds is 6. The molecule has 2 unspecified atom stereocenters. The van der Waals surface area contributed by atoms with Crippen LogP contribution in [0.2, 0.25) is 0 Å². The lowest BCUT2D eigenvalue weighted by Gasteiger charge is -2.12. The van der Waals surface area contributed by atoms with Crippen LogP contribution in [0.4, 0.5) is 0 Å². The Bertz CT molecular complexity index is 332. The smallest absolute Gasteiger partial charge is 0.0707 e. The normalized spacial score (nSPS) is 14.1. The van der Waals surface area contributed by atoms with Crippen molar-refractivity contribution in [2.45, 2.75) is 26.0 Å². The second kappa shape index (κ2) is 7.00. The molecule has 1 aromatic rings. The van der Waals surface area contributed by atoms with Gasteiger partial charge >= 0.3 is 0 Å². The summed E-state index contributed by atoms with van der Waals surface area (Å²) in [6, 6.07) is 12.2. The molecule has 0 bridgehead atoms. The zero-order valence-electron chi connectivity index (χ0n) is 9.56. The van der Waals surface area contributed by atoms with E-state index >= 15 is 0 Å². The SMILES string of the molecule is CC(C#N)C(O)CCNCc1ccccc1. The number of hydrogen-bond donors (Lipinski definition) is 2. The zero-order chi connectivity index (χ0) is 11.8. The Labute approximate surface area is 96.7 Å². The van der Waals surface area contributed by atoms with Crippen LogP contribution in [0.25, 0.3) is 0 Å². The van der Waals surface area contributed by atoms with Gasteiger partial charge in [0.05, 0.1) is 18.1 Å². The molecule has 0 spiro atoms. The van der Waals surface area contributed by atoms with E-state index in [4.69, 9.17) is 5.26 Å². The molecule has 0 saturated carbocycles. The molecule has 0 fully saturated rings. The summed E-state index contributed by atoms with van der Waals surface area (Å²) in [4.78, 5) is 0. The van der Waals surface area contributed by atoms with E-state index in [-0.39, 0.29) is 5.92 Å². The van der Waals surface area contributed by atoms with Gasteiger partial charge < -0.3 is 10.4 Å². The summed E-state index contributed by atoms with van der Waals surface area (Å²) < 4.78 is 0. The van der Waals surface area contributed by atoms with Gasteiger partial charge in [0.2, 0.25) is 0 Å². The number of nitrogens with one attached hydrogen (secondary N) is 1. The van der Waals surface area contributed by atoms with Gasteiger partial charge in [-0.1, -0.05) is 30.3 Å². The summed E-state index contributed by atoms with van der Waals surface area (Å²) in [6.45, 7) is 3.26. The van der Waals surface area contributed by atoms with E-state index in [1.165, 1.54) is 5.56 Å². The molecule has 0 aliphatic carbocycles. The van der Waals surface area contributed by atoms with E-state index in [0.717, 1.165) is 13.1 Å². The minimum absolute atomic E-state index is 0.293. The summed E-state index contributed by atoms with van der Waals surface area (Å²) in [6.07, 6.45) is 0.0787. The number of nitrogens with zero attached hydrogens (tertiary/aromatic N) is 1. The fourth-order valence-corrected chi connectivity index (χ4v) is 1.41. The second-order valence-corrected chi connectivity index (χ2v) is 3.94. The first-order chi connectivity index (χ1) is 7.74. The zero-order valence-corrected chi connectivity index (χ0v) is 9.56. The van der Waals surface area contributed by atoms with Gasteiger partial charge in [0.25, 0.3) is 0 Å². The molecule has 16 heavy (non-hydrogen) atoms. The number of nitriles is 1. The third-order valence-electron chi connectivity index (χ3n) is 2.57. The maximum absolute atomic E-state index is 9.55. The average Bonchev–Trinajstić information content (AvgIpc) is 2.34. The fraction of sp³-hybridized carbons (Fsp3) is 0.462. The van der Waals surface area contributed by atoms with Gasteiger partial charge in [0.1, 0.15) is 0 Å². The van der Waals surface area contributed by atoms with Crippen molar-refractivity contribution in [1.29, 1.82) is 5.26 Å². The van der Waals surface area contributed by atoms with E-state index in [0.29, 0.717) is 6.42 Å². The molecule has 3 heteroatoms. The Morgan fingerprint density at radius 3 is 2.69 bits per heavy atom. The lowest BCUT2D eigenvalue weighted by atomic mass is 10.0. The van der Waals surface area contributed by atoms with Crippen molar-refractivity contribution in [3.63, 3.8) is 0 Å². The van der Waals surface area contributed by atoms with Gasteiger partial charge in [-0.3, -0.25) is 0 Å². The molecule has 0 aliphatic heterocycles. The van der Waals surface area contributed by atoms with E-state index in [2.05, 4.69) is 17.4 Å². The van der Waals surface area contributed by atoms with Crippen LogP contribution in [0, 0.1) is 17.2 Å². The minimum Gasteiger partial charge on any atom is -0.392 e. The Hall–Kier alpha value is -1.37. The average molecular weight is 218 g/mol. The molecule has 1 rings (SSSR count). The Kier molecular flexibility index (Phi) is 5.55. The van der Waals surface area contributed by atoms with Crippen molar-refractivity contribution < 1.29 is 5.11 Å². The molecule has 0 amide bonds. The topological polar surface area (TPSA) is 56.0 Å². The maximum Gasteiger partial charge on any atom is 0.0707 e. The molecule has 2 atom stereocenters. The molecular formula is C13H18N2O. The first-order valence-corrected chi connectivity index (χ1v) is 5.56.